The van der Waals surface area contributed by atoms with Crippen molar-refractivity contribution < 1.29 is 45.5 Å². The average molecular weight is 563 g/mol. The highest BCUT2D eigenvalue weighted by molar-refractivity contribution is 5.95. The summed E-state index contributed by atoms with van der Waals surface area (Å²) in [5.74, 6) is -6.44. The fourth-order valence-electron chi connectivity index (χ4n) is 6.74. The highest BCUT2D eigenvalue weighted by Crippen LogP contribution is 2.66. The van der Waals surface area contributed by atoms with Gasteiger partial charge in [0.15, 0.2) is 0 Å². The van der Waals surface area contributed by atoms with Crippen molar-refractivity contribution in [3.05, 3.63) is 0 Å². The smallest absolute Gasteiger partial charge is 0.353 e. The third-order valence-electron chi connectivity index (χ3n) is 9.43. The number of piperidine rings is 2. The first kappa shape index (κ1) is 27.5. The van der Waals surface area contributed by atoms with E-state index in [0.29, 0.717) is 0 Å². The van der Waals surface area contributed by atoms with Gasteiger partial charge in [-0.2, -0.15) is 31.6 Å². The molecule has 8 atom stereocenters. The van der Waals surface area contributed by atoms with Crippen LogP contribution in [0.25, 0.3) is 0 Å². The molecule has 2 saturated heterocycles. The summed E-state index contributed by atoms with van der Waals surface area (Å²) in [6.07, 6.45) is -11.2. The maximum Gasteiger partial charge on any atom is 0.471 e. The summed E-state index contributed by atoms with van der Waals surface area (Å²) in [6.45, 7) is 3.40. The van der Waals surface area contributed by atoms with Crippen molar-refractivity contribution >= 4 is 23.6 Å². The SMILES string of the molecule is CC1(C)[C@@H]2[C@@H](C(=O)N[C@H](C#N)C[C@H]3C(=O)N[C@H]4C[C@H]43)N(C(=O)[C@@H](NC(=O)C(F)(F)F)C3(C(F)(F)F)CC3)C[C@@H]21. The van der Waals surface area contributed by atoms with Gasteiger partial charge in [0.05, 0.1) is 11.5 Å². The largest absolute Gasteiger partial charge is 0.471 e. The maximum absolute atomic E-state index is 13.9. The monoisotopic (exact) mass is 563 g/mol. The Morgan fingerprint density at radius 1 is 1.15 bits per heavy atom. The Morgan fingerprint density at radius 2 is 1.79 bits per heavy atom. The van der Waals surface area contributed by atoms with Crippen molar-refractivity contribution in [1.82, 2.24) is 20.9 Å². The van der Waals surface area contributed by atoms with E-state index >= 15 is 0 Å². The minimum Gasteiger partial charge on any atom is -0.353 e. The number of fused-ring (bicyclic) bond motifs is 2. The molecule has 2 heterocycles. The van der Waals surface area contributed by atoms with Crippen LogP contribution in [0.5, 0.6) is 0 Å². The van der Waals surface area contributed by atoms with Gasteiger partial charge in [-0.05, 0) is 48.9 Å². The summed E-state index contributed by atoms with van der Waals surface area (Å²) < 4.78 is 80.8. The Morgan fingerprint density at radius 3 is 2.28 bits per heavy atom. The number of carbonyl (C=O) groups is 4. The number of nitrogens with zero attached hydrogens (tertiary/aromatic N) is 2. The van der Waals surface area contributed by atoms with Gasteiger partial charge in [-0.25, -0.2) is 0 Å². The molecule has 0 radical (unpaired) electrons. The third-order valence-corrected chi connectivity index (χ3v) is 9.43. The van der Waals surface area contributed by atoms with Gasteiger partial charge in [-0.15, -0.1) is 0 Å². The molecule has 5 rings (SSSR count). The molecule has 5 aliphatic rings. The van der Waals surface area contributed by atoms with E-state index in [1.807, 2.05) is 6.07 Å². The van der Waals surface area contributed by atoms with E-state index in [0.717, 1.165) is 11.3 Å². The van der Waals surface area contributed by atoms with Crippen LogP contribution in [0, 0.1) is 45.8 Å². The van der Waals surface area contributed by atoms with Crippen LogP contribution in [0.2, 0.25) is 0 Å². The zero-order chi connectivity index (χ0) is 28.9. The van der Waals surface area contributed by atoms with Crippen molar-refractivity contribution in [2.75, 3.05) is 6.54 Å². The molecule has 0 bridgehead atoms. The van der Waals surface area contributed by atoms with Gasteiger partial charge in [-0.1, -0.05) is 13.8 Å². The van der Waals surface area contributed by atoms with Crippen LogP contribution < -0.4 is 16.0 Å². The first-order valence-corrected chi connectivity index (χ1v) is 12.7. The lowest BCUT2D eigenvalue weighted by molar-refractivity contribution is -0.204. The topological polar surface area (TPSA) is 131 Å². The van der Waals surface area contributed by atoms with Gasteiger partial charge in [0.2, 0.25) is 17.7 Å². The number of halogens is 6. The van der Waals surface area contributed by atoms with Crippen molar-refractivity contribution in [2.45, 2.75) is 76.1 Å². The number of nitrogens with one attached hydrogen (secondary N) is 3. The second kappa shape index (κ2) is 8.47. The predicted octanol–water partition coefficient (Wildman–Crippen LogP) is 1.39. The fraction of sp³-hybridized carbons (Fsp3) is 0.792. The maximum atomic E-state index is 13.9. The average Bonchev–Trinajstić information content (AvgIpc) is 3.76. The summed E-state index contributed by atoms with van der Waals surface area (Å²) in [4.78, 5) is 51.5. The van der Waals surface area contributed by atoms with Gasteiger partial charge in [0.25, 0.3) is 0 Å². The van der Waals surface area contributed by atoms with Gasteiger partial charge in [0, 0.05) is 18.5 Å². The normalized spacial score (nSPS) is 34.5. The summed E-state index contributed by atoms with van der Waals surface area (Å²) in [5, 5.41) is 16.2. The molecule has 4 amide bonds. The molecular weight excluding hydrogens is 536 g/mol. The molecule has 214 valence electrons. The molecule has 3 saturated carbocycles. The van der Waals surface area contributed by atoms with Gasteiger partial charge in [0.1, 0.15) is 18.1 Å². The highest BCUT2D eigenvalue weighted by atomic mass is 19.4. The third kappa shape index (κ3) is 4.39. The molecule has 0 spiro atoms. The van der Waals surface area contributed by atoms with Gasteiger partial charge < -0.3 is 20.9 Å². The summed E-state index contributed by atoms with van der Waals surface area (Å²) >= 11 is 0. The van der Waals surface area contributed by atoms with Crippen LogP contribution in [-0.2, 0) is 19.2 Å². The van der Waals surface area contributed by atoms with E-state index < -0.39 is 83.7 Å². The van der Waals surface area contributed by atoms with E-state index in [1.165, 1.54) is 5.32 Å². The van der Waals surface area contributed by atoms with Crippen LogP contribution in [0.1, 0.15) is 39.5 Å². The zero-order valence-electron chi connectivity index (χ0n) is 20.9. The minimum absolute atomic E-state index is 0.00877. The van der Waals surface area contributed by atoms with E-state index in [9.17, 15) is 50.8 Å². The van der Waals surface area contributed by atoms with Gasteiger partial charge >= 0.3 is 18.3 Å². The molecule has 0 aromatic heterocycles. The lowest BCUT2D eigenvalue weighted by Crippen LogP contribution is -2.62. The number of carbonyl (C=O) groups excluding carboxylic acids is 4. The second-order valence-corrected chi connectivity index (χ2v) is 12.0. The number of amides is 4. The lowest BCUT2D eigenvalue weighted by atomic mass is 9.92. The van der Waals surface area contributed by atoms with Crippen molar-refractivity contribution in [3.8, 4) is 6.07 Å². The number of hydrogen-bond acceptors (Lipinski definition) is 5. The molecule has 2 aliphatic heterocycles. The molecule has 9 nitrogen and oxygen atoms in total. The molecule has 5 fully saturated rings. The Labute approximate surface area is 219 Å². The van der Waals surface area contributed by atoms with Crippen LogP contribution >= 0.6 is 0 Å². The van der Waals surface area contributed by atoms with Crippen LogP contribution in [0.15, 0.2) is 0 Å². The van der Waals surface area contributed by atoms with E-state index in [2.05, 4.69) is 10.6 Å². The Bertz CT molecular complexity index is 1160. The van der Waals surface area contributed by atoms with Crippen LogP contribution in [0.4, 0.5) is 26.3 Å². The van der Waals surface area contributed by atoms with Crippen molar-refractivity contribution in [2.24, 2.45) is 34.5 Å². The summed E-state index contributed by atoms with van der Waals surface area (Å²) in [6, 6.07) is -3.10. The van der Waals surface area contributed by atoms with Crippen LogP contribution in [0.3, 0.4) is 0 Å². The lowest BCUT2D eigenvalue weighted by Gasteiger charge is -2.36. The molecular formula is C24H27F6N5O4. The number of nitriles is 1. The molecule has 0 unspecified atom stereocenters. The highest BCUT2D eigenvalue weighted by Gasteiger charge is 2.74. The van der Waals surface area contributed by atoms with Gasteiger partial charge in [-0.3, -0.25) is 19.2 Å². The van der Waals surface area contributed by atoms with Crippen LogP contribution in [-0.4, -0.2) is 71.6 Å². The predicted molar refractivity (Wildman–Crippen MR) is 118 cm³/mol. The Hall–Kier alpha value is -3.05. The molecule has 0 aromatic carbocycles. The first-order valence-electron chi connectivity index (χ1n) is 12.7. The van der Waals surface area contributed by atoms with E-state index in [1.54, 1.807) is 13.8 Å². The fourth-order valence-corrected chi connectivity index (χ4v) is 6.74. The summed E-state index contributed by atoms with van der Waals surface area (Å²) in [7, 11) is 0. The quantitative estimate of drug-likeness (QED) is 0.403. The Balaban J connectivity index is 1.38. The number of hydrogen-bond donors (Lipinski definition) is 3. The van der Waals surface area contributed by atoms with Crippen molar-refractivity contribution in [1.29, 1.82) is 5.26 Å². The first-order chi connectivity index (χ1) is 17.9. The number of rotatable bonds is 7. The molecule has 3 N–H and O–H groups in total. The number of alkyl halides is 6. The number of likely N-dealkylation sites (tertiary alicyclic amines) is 1. The van der Waals surface area contributed by atoms with Crippen molar-refractivity contribution in [3.63, 3.8) is 0 Å². The molecule has 3 aliphatic carbocycles. The standard InChI is InChI=1S/C24H27F6N5O4/c1-21(2)12-8-35(19(38)16(34-20(39)23(25,26)27)22(3-4-22)24(28,29)30)15(14(12)21)18(37)32-9(7-31)5-11-10-6-13(10)33-17(11)36/h9-16H,3-6,8H2,1-2H3,(H,32,37)(H,33,36)(H,34,39)/t9-,10-,11+,12-,13-,14-,15-,16+/m0/s1. The molecule has 39 heavy (non-hydrogen) atoms. The second-order valence-electron chi connectivity index (χ2n) is 12.0. The molecule has 0 aromatic rings. The molecule has 15 heteroatoms. The van der Waals surface area contributed by atoms with E-state index in [-0.39, 0.29) is 36.8 Å². The zero-order valence-corrected chi connectivity index (χ0v) is 20.9. The van der Waals surface area contributed by atoms with E-state index in [4.69, 9.17) is 0 Å². The Kier molecular flexibility index (Phi) is 5.98. The minimum atomic E-state index is -5.53. The summed E-state index contributed by atoms with van der Waals surface area (Å²) in [5.41, 5.74) is -3.36.